The first-order valence-electron chi connectivity index (χ1n) is 2.74. The number of hydrogen-bond donors (Lipinski definition) is 2. The van der Waals surface area contributed by atoms with Crippen LogP contribution in [0.5, 0.6) is 0 Å². The van der Waals surface area contributed by atoms with Crippen LogP contribution in [0.3, 0.4) is 0 Å². The van der Waals surface area contributed by atoms with Gasteiger partial charge in [-0.2, -0.15) is 0 Å². The molecule has 0 atom stereocenters. The van der Waals surface area contributed by atoms with Gasteiger partial charge < -0.3 is 10.2 Å². The van der Waals surface area contributed by atoms with E-state index in [-0.39, 0.29) is 0 Å². The number of benzene rings is 1. The molecule has 0 aromatic heterocycles. The third-order valence-corrected chi connectivity index (χ3v) is 0.940. The molecule has 0 radical (unpaired) electrons. The predicted octanol–water partition coefficient (Wildman–Crippen LogP) is 0.787. The van der Waals surface area contributed by atoms with Crippen molar-refractivity contribution in [2.24, 2.45) is 5.84 Å². The summed E-state index contributed by atoms with van der Waals surface area (Å²) in [5.74, 6) is 5.10. The number of para-hydroxylation sites is 1. The number of hydrazine groups is 1. The van der Waals surface area contributed by atoms with Gasteiger partial charge in [0.1, 0.15) is 6.79 Å². The quantitative estimate of drug-likeness (QED) is 0.445. The molecule has 0 aliphatic rings. The summed E-state index contributed by atoms with van der Waals surface area (Å²) in [6.07, 6.45) is 0. The molecule has 0 fully saturated rings. The van der Waals surface area contributed by atoms with Gasteiger partial charge in [-0.25, -0.2) is 0 Å². The highest BCUT2D eigenvalue weighted by Gasteiger charge is 1.78. The smallest absolute Gasteiger partial charge is 0.106 e. The van der Waals surface area contributed by atoms with Gasteiger partial charge >= 0.3 is 0 Å². The summed E-state index contributed by atoms with van der Waals surface area (Å²) in [6.45, 7) is 2.00. The molecule has 0 saturated carbocycles. The number of rotatable bonds is 1. The Hall–Kier alpha value is -1.35. The molecule has 3 N–H and O–H groups in total. The Labute approximate surface area is 59.8 Å². The number of anilines is 1. The summed E-state index contributed by atoms with van der Waals surface area (Å²) >= 11 is 0. The van der Waals surface area contributed by atoms with Crippen molar-refractivity contribution in [3.05, 3.63) is 30.3 Å². The van der Waals surface area contributed by atoms with Crippen molar-refractivity contribution in [2.75, 3.05) is 5.43 Å². The van der Waals surface area contributed by atoms with Gasteiger partial charge in [0.05, 0.1) is 0 Å². The number of nitrogen functional groups attached to an aromatic ring is 1. The Morgan fingerprint density at radius 2 is 1.70 bits per heavy atom. The van der Waals surface area contributed by atoms with Crippen molar-refractivity contribution < 1.29 is 4.79 Å². The van der Waals surface area contributed by atoms with Gasteiger partial charge in [0, 0.05) is 5.69 Å². The highest BCUT2D eigenvalue weighted by Crippen LogP contribution is 2.00. The van der Waals surface area contributed by atoms with E-state index in [9.17, 15) is 0 Å². The maximum atomic E-state index is 8.00. The molecule has 0 amide bonds. The summed E-state index contributed by atoms with van der Waals surface area (Å²) < 4.78 is 0. The van der Waals surface area contributed by atoms with Crippen LogP contribution in [-0.2, 0) is 4.79 Å². The van der Waals surface area contributed by atoms with Crippen LogP contribution in [0.1, 0.15) is 0 Å². The Morgan fingerprint density at radius 1 is 1.20 bits per heavy atom. The van der Waals surface area contributed by atoms with Crippen LogP contribution in [0, 0.1) is 0 Å². The summed E-state index contributed by atoms with van der Waals surface area (Å²) in [5, 5.41) is 0. The number of nitrogens with two attached hydrogens (primary N) is 1. The lowest BCUT2D eigenvalue weighted by Gasteiger charge is -1.94. The number of hydrogen-bond acceptors (Lipinski definition) is 3. The van der Waals surface area contributed by atoms with Crippen LogP contribution in [0.15, 0.2) is 30.3 Å². The zero-order chi connectivity index (χ0) is 7.82. The molecule has 1 aromatic carbocycles. The van der Waals surface area contributed by atoms with E-state index in [0.29, 0.717) is 0 Å². The molecule has 3 nitrogen and oxygen atoms in total. The van der Waals surface area contributed by atoms with Crippen molar-refractivity contribution in [1.29, 1.82) is 0 Å². The van der Waals surface area contributed by atoms with E-state index >= 15 is 0 Å². The fourth-order valence-corrected chi connectivity index (χ4v) is 0.534. The predicted molar refractivity (Wildman–Crippen MR) is 41.4 cm³/mol. The zero-order valence-electron chi connectivity index (χ0n) is 5.58. The number of nitrogens with one attached hydrogen (secondary N) is 1. The molecular formula is C7H10N2O. The molecule has 0 aliphatic carbocycles. The summed E-state index contributed by atoms with van der Waals surface area (Å²) in [6, 6.07) is 9.60. The van der Waals surface area contributed by atoms with Gasteiger partial charge in [-0.05, 0) is 12.1 Å². The van der Waals surface area contributed by atoms with E-state index in [4.69, 9.17) is 10.6 Å². The fraction of sp³-hybridized carbons (Fsp3) is 0. The molecule has 10 heavy (non-hydrogen) atoms. The first-order valence-corrected chi connectivity index (χ1v) is 2.74. The van der Waals surface area contributed by atoms with Gasteiger partial charge in [-0.15, -0.1) is 0 Å². The van der Waals surface area contributed by atoms with Crippen molar-refractivity contribution in [3.8, 4) is 0 Å². The van der Waals surface area contributed by atoms with Crippen LogP contribution >= 0.6 is 0 Å². The Kier molecular flexibility index (Phi) is 5.00. The van der Waals surface area contributed by atoms with E-state index < -0.39 is 0 Å². The molecule has 0 heterocycles. The second kappa shape index (κ2) is 5.78. The summed E-state index contributed by atoms with van der Waals surface area (Å²) in [5.41, 5.74) is 3.46. The van der Waals surface area contributed by atoms with Crippen LogP contribution in [0.4, 0.5) is 5.69 Å². The molecule has 0 saturated heterocycles. The molecule has 1 rings (SSSR count). The van der Waals surface area contributed by atoms with Crippen molar-refractivity contribution in [3.63, 3.8) is 0 Å². The van der Waals surface area contributed by atoms with Gasteiger partial charge in [0.25, 0.3) is 0 Å². The maximum absolute atomic E-state index is 8.00. The number of carbonyl (C=O) groups excluding carboxylic acids is 1. The van der Waals surface area contributed by atoms with Crippen LogP contribution in [0.2, 0.25) is 0 Å². The van der Waals surface area contributed by atoms with Crippen molar-refractivity contribution >= 4 is 12.5 Å². The number of carbonyl (C=O) groups is 1. The molecule has 0 bridgehead atoms. The molecule has 54 valence electrons. The fourth-order valence-electron chi connectivity index (χ4n) is 0.534. The van der Waals surface area contributed by atoms with E-state index in [2.05, 4.69) is 5.43 Å². The van der Waals surface area contributed by atoms with Gasteiger partial charge in [-0.1, -0.05) is 18.2 Å². The van der Waals surface area contributed by atoms with Crippen LogP contribution in [0.25, 0.3) is 0 Å². The molecule has 3 heteroatoms. The van der Waals surface area contributed by atoms with E-state index in [1.165, 1.54) is 0 Å². The molecular weight excluding hydrogens is 128 g/mol. The largest absolute Gasteiger partial charge is 0.324 e. The normalized spacial score (nSPS) is 7.30. The topological polar surface area (TPSA) is 55.1 Å². The van der Waals surface area contributed by atoms with E-state index in [0.717, 1.165) is 5.69 Å². The van der Waals surface area contributed by atoms with Crippen LogP contribution < -0.4 is 11.3 Å². The third kappa shape index (κ3) is 2.84. The van der Waals surface area contributed by atoms with Crippen molar-refractivity contribution in [2.45, 2.75) is 0 Å². The summed E-state index contributed by atoms with van der Waals surface area (Å²) in [7, 11) is 0. The minimum absolute atomic E-state index is 0.938. The van der Waals surface area contributed by atoms with E-state index in [1.54, 1.807) is 0 Å². The Morgan fingerprint density at radius 3 is 2.00 bits per heavy atom. The lowest BCUT2D eigenvalue weighted by Crippen LogP contribution is -2.05. The average Bonchev–Trinajstić information content (AvgIpc) is 2.10. The first-order chi connectivity index (χ1) is 4.93. The van der Waals surface area contributed by atoms with Crippen LogP contribution in [-0.4, -0.2) is 6.79 Å². The molecule has 0 aliphatic heterocycles. The SMILES string of the molecule is C=O.NNc1ccccc1. The standard InChI is InChI=1S/C6H8N2.CH2O/c7-8-6-4-2-1-3-5-6;1-2/h1-5,8H,7H2;1H2. The molecule has 0 spiro atoms. The van der Waals surface area contributed by atoms with Gasteiger partial charge in [-0.3, -0.25) is 5.84 Å². The highest BCUT2D eigenvalue weighted by atomic mass is 16.1. The van der Waals surface area contributed by atoms with Gasteiger partial charge in [0.2, 0.25) is 0 Å². The molecule has 0 unspecified atom stereocenters. The van der Waals surface area contributed by atoms with Crippen molar-refractivity contribution in [1.82, 2.24) is 0 Å². The monoisotopic (exact) mass is 138 g/mol. The second-order valence-corrected chi connectivity index (χ2v) is 1.51. The zero-order valence-corrected chi connectivity index (χ0v) is 5.58. The highest BCUT2D eigenvalue weighted by molar-refractivity contribution is 5.40. The average molecular weight is 138 g/mol. The Bertz CT molecular complexity index is 165. The second-order valence-electron chi connectivity index (χ2n) is 1.51. The Balaban J connectivity index is 0.000000371. The lowest BCUT2D eigenvalue weighted by atomic mass is 10.3. The summed E-state index contributed by atoms with van der Waals surface area (Å²) in [4.78, 5) is 8.00. The van der Waals surface area contributed by atoms with Gasteiger partial charge in [0.15, 0.2) is 0 Å². The maximum Gasteiger partial charge on any atom is 0.106 e. The minimum Gasteiger partial charge on any atom is -0.324 e. The minimum atomic E-state index is 0.938. The third-order valence-electron chi connectivity index (χ3n) is 0.940. The molecule has 1 aromatic rings. The van der Waals surface area contributed by atoms with E-state index in [1.807, 2.05) is 37.1 Å². The lowest BCUT2D eigenvalue weighted by molar-refractivity contribution is -0.0979. The first kappa shape index (κ1) is 8.65.